The largest absolute Gasteiger partial charge is 0.481 e. The minimum Gasteiger partial charge on any atom is -0.481 e. The molecule has 0 N–H and O–H groups in total. The summed E-state index contributed by atoms with van der Waals surface area (Å²) in [6.07, 6.45) is -0.696. The van der Waals surface area contributed by atoms with Crippen LogP contribution in [-0.4, -0.2) is 33.2 Å². The van der Waals surface area contributed by atoms with E-state index in [2.05, 4.69) is 10.2 Å². The van der Waals surface area contributed by atoms with Gasteiger partial charge < -0.3 is 14.1 Å². The van der Waals surface area contributed by atoms with Crippen molar-refractivity contribution < 1.29 is 13.9 Å². The summed E-state index contributed by atoms with van der Waals surface area (Å²) in [6, 6.07) is 12.4. The van der Waals surface area contributed by atoms with Crippen LogP contribution in [-0.2, 0) is 11.3 Å². The topological polar surface area (TPSA) is 68.5 Å². The first kappa shape index (κ1) is 22.1. The first-order valence-corrected chi connectivity index (χ1v) is 10.3. The molecule has 0 spiro atoms. The summed E-state index contributed by atoms with van der Waals surface area (Å²) in [5, 5.41) is 9.29. The Hall–Kier alpha value is -2.57. The number of rotatable bonds is 7. The Morgan fingerprint density at radius 2 is 1.87 bits per heavy atom. The average Bonchev–Trinajstić information content (AvgIpc) is 3.16. The van der Waals surface area contributed by atoms with Crippen molar-refractivity contribution in [2.24, 2.45) is 0 Å². The van der Waals surface area contributed by atoms with Crippen LogP contribution in [0.25, 0.3) is 11.5 Å². The number of carbonyl (C=O) groups is 1. The van der Waals surface area contributed by atoms with Crippen LogP contribution >= 0.6 is 23.2 Å². The van der Waals surface area contributed by atoms with Gasteiger partial charge in [0.15, 0.2) is 6.10 Å². The van der Waals surface area contributed by atoms with E-state index in [1.54, 1.807) is 42.2 Å². The molecule has 1 amide bonds. The summed E-state index contributed by atoms with van der Waals surface area (Å²) in [4.78, 5) is 14.7. The Balaban J connectivity index is 1.74. The molecule has 3 aromatic rings. The number of halogens is 2. The lowest BCUT2D eigenvalue weighted by molar-refractivity contribution is -0.140. The minimum atomic E-state index is -0.696. The Morgan fingerprint density at radius 1 is 1.13 bits per heavy atom. The SMILES string of the molecule is Cc1cc(Cl)ccc1OC(C)C(=O)N(Cc1nnc(-c2ccccc2Cl)o1)C(C)C. The number of benzene rings is 2. The number of ether oxygens (including phenoxy) is 1. The summed E-state index contributed by atoms with van der Waals surface area (Å²) in [5.74, 6) is 1.06. The van der Waals surface area contributed by atoms with Crippen molar-refractivity contribution in [3.63, 3.8) is 0 Å². The number of aromatic nitrogens is 2. The molecule has 1 heterocycles. The fraction of sp³-hybridized carbons (Fsp3) is 0.318. The molecule has 8 heteroatoms. The minimum absolute atomic E-state index is 0.0921. The fourth-order valence-electron chi connectivity index (χ4n) is 2.94. The van der Waals surface area contributed by atoms with Crippen LogP contribution in [0, 0.1) is 6.92 Å². The van der Waals surface area contributed by atoms with Crippen LogP contribution < -0.4 is 4.74 Å². The second kappa shape index (κ2) is 9.49. The highest BCUT2D eigenvalue weighted by molar-refractivity contribution is 6.33. The second-order valence-electron chi connectivity index (χ2n) is 7.21. The summed E-state index contributed by atoms with van der Waals surface area (Å²) >= 11 is 12.2. The molecular formula is C22H23Cl2N3O3. The van der Waals surface area contributed by atoms with E-state index in [1.165, 1.54) is 0 Å². The van der Waals surface area contributed by atoms with Crippen molar-refractivity contribution >= 4 is 29.1 Å². The van der Waals surface area contributed by atoms with Gasteiger partial charge in [-0.15, -0.1) is 10.2 Å². The molecule has 0 aliphatic carbocycles. The molecule has 30 heavy (non-hydrogen) atoms. The number of amides is 1. The molecular weight excluding hydrogens is 425 g/mol. The first-order chi connectivity index (χ1) is 14.3. The van der Waals surface area contributed by atoms with Crippen LogP contribution in [0.1, 0.15) is 32.2 Å². The Bertz CT molecular complexity index is 1040. The van der Waals surface area contributed by atoms with Gasteiger partial charge in [-0.2, -0.15) is 0 Å². The van der Waals surface area contributed by atoms with Gasteiger partial charge >= 0.3 is 0 Å². The molecule has 0 bridgehead atoms. The molecule has 1 unspecified atom stereocenters. The van der Waals surface area contributed by atoms with E-state index in [-0.39, 0.29) is 18.5 Å². The number of hydrogen-bond donors (Lipinski definition) is 0. The molecule has 0 fully saturated rings. The van der Waals surface area contributed by atoms with Gasteiger partial charge in [-0.3, -0.25) is 4.79 Å². The predicted octanol–water partition coefficient (Wildman–Crippen LogP) is 5.56. The van der Waals surface area contributed by atoms with Gasteiger partial charge in [-0.25, -0.2) is 0 Å². The molecule has 0 saturated heterocycles. The van der Waals surface area contributed by atoms with Crippen LogP contribution in [0.5, 0.6) is 5.75 Å². The number of carbonyl (C=O) groups excluding carboxylic acids is 1. The zero-order chi connectivity index (χ0) is 21.8. The van der Waals surface area contributed by atoms with Crippen molar-refractivity contribution in [2.75, 3.05) is 0 Å². The molecule has 1 atom stereocenters. The summed E-state index contributed by atoms with van der Waals surface area (Å²) in [7, 11) is 0. The van der Waals surface area contributed by atoms with E-state index < -0.39 is 6.10 Å². The third kappa shape index (κ3) is 5.12. The first-order valence-electron chi connectivity index (χ1n) is 9.57. The van der Waals surface area contributed by atoms with E-state index >= 15 is 0 Å². The van der Waals surface area contributed by atoms with Crippen LogP contribution in [0.15, 0.2) is 46.9 Å². The Morgan fingerprint density at radius 3 is 2.53 bits per heavy atom. The lowest BCUT2D eigenvalue weighted by Gasteiger charge is -2.28. The zero-order valence-electron chi connectivity index (χ0n) is 17.2. The van der Waals surface area contributed by atoms with E-state index in [0.717, 1.165) is 5.56 Å². The van der Waals surface area contributed by atoms with Crippen LogP contribution in [0.3, 0.4) is 0 Å². The van der Waals surface area contributed by atoms with Crippen molar-refractivity contribution in [3.05, 3.63) is 64.0 Å². The van der Waals surface area contributed by atoms with Gasteiger partial charge in [0.2, 0.25) is 11.8 Å². The van der Waals surface area contributed by atoms with E-state index in [0.29, 0.717) is 33.1 Å². The van der Waals surface area contributed by atoms with Crippen molar-refractivity contribution in [1.29, 1.82) is 0 Å². The smallest absolute Gasteiger partial charge is 0.264 e. The summed E-state index contributed by atoms with van der Waals surface area (Å²) in [5.41, 5.74) is 1.51. The Kier molecular flexibility index (Phi) is 7.00. The standard InChI is InChI=1S/C22H23Cl2N3O3/c1-13(2)27(22(28)15(4)29-19-10-9-16(23)11-14(19)3)12-20-25-26-21(30-20)17-7-5-6-8-18(17)24/h5-11,13,15H,12H2,1-4H3. The van der Waals surface area contributed by atoms with E-state index in [4.69, 9.17) is 32.4 Å². The Labute approximate surface area is 185 Å². The van der Waals surface area contributed by atoms with Gasteiger partial charge in [-0.1, -0.05) is 35.3 Å². The third-order valence-electron chi connectivity index (χ3n) is 4.57. The normalized spacial score (nSPS) is 12.1. The summed E-state index contributed by atoms with van der Waals surface area (Å²) < 4.78 is 11.6. The zero-order valence-corrected chi connectivity index (χ0v) is 18.7. The van der Waals surface area contributed by atoms with Crippen LogP contribution in [0.4, 0.5) is 0 Å². The molecule has 0 aliphatic heterocycles. The van der Waals surface area contributed by atoms with Crippen LogP contribution in [0.2, 0.25) is 10.0 Å². The third-order valence-corrected chi connectivity index (χ3v) is 5.14. The molecule has 0 radical (unpaired) electrons. The molecule has 6 nitrogen and oxygen atoms in total. The average molecular weight is 448 g/mol. The molecule has 0 aliphatic rings. The fourth-order valence-corrected chi connectivity index (χ4v) is 3.38. The van der Waals surface area contributed by atoms with Gasteiger partial charge in [0.05, 0.1) is 17.1 Å². The highest BCUT2D eigenvalue weighted by atomic mass is 35.5. The molecule has 2 aromatic carbocycles. The van der Waals surface area contributed by atoms with Crippen molar-refractivity contribution in [1.82, 2.24) is 15.1 Å². The quantitative estimate of drug-likeness (QED) is 0.474. The maximum absolute atomic E-state index is 13.1. The highest BCUT2D eigenvalue weighted by Crippen LogP contribution is 2.27. The molecule has 1 aromatic heterocycles. The van der Waals surface area contributed by atoms with Crippen molar-refractivity contribution in [2.45, 2.75) is 46.4 Å². The predicted molar refractivity (Wildman–Crippen MR) is 117 cm³/mol. The maximum Gasteiger partial charge on any atom is 0.264 e. The van der Waals surface area contributed by atoms with Crippen molar-refractivity contribution in [3.8, 4) is 17.2 Å². The number of aryl methyl sites for hydroxylation is 1. The van der Waals surface area contributed by atoms with Gasteiger partial charge in [0.1, 0.15) is 5.75 Å². The number of nitrogens with zero attached hydrogens (tertiary/aromatic N) is 3. The summed E-state index contributed by atoms with van der Waals surface area (Å²) in [6.45, 7) is 7.61. The monoisotopic (exact) mass is 447 g/mol. The maximum atomic E-state index is 13.1. The molecule has 0 saturated carbocycles. The highest BCUT2D eigenvalue weighted by Gasteiger charge is 2.27. The lowest BCUT2D eigenvalue weighted by atomic mass is 10.2. The molecule has 158 valence electrons. The second-order valence-corrected chi connectivity index (χ2v) is 8.05. The number of hydrogen-bond acceptors (Lipinski definition) is 5. The molecule has 3 rings (SSSR count). The lowest BCUT2D eigenvalue weighted by Crippen LogP contribution is -2.44. The van der Waals surface area contributed by atoms with E-state index in [9.17, 15) is 4.79 Å². The van der Waals surface area contributed by atoms with E-state index in [1.807, 2.05) is 32.9 Å². The van der Waals surface area contributed by atoms with Gasteiger partial charge in [0, 0.05) is 11.1 Å². The van der Waals surface area contributed by atoms with Gasteiger partial charge in [0.25, 0.3) is 5.91 Å². The van der Waals surface area contributed by atoms with Gasteiger partial charge in [-0.05, 0) is 63.6 Å².